The number of ether oxygens (including phenoxy) is 1. The van der Waals surface area contributed by atoms with Crippen molar-refractivity contribution in [2.75, 3.05) is 24.2 Å². The molecule has 0 spiro atoms. The van der Waals surface area contributed by atoms with Crippen LogP contribution in [0.3, 0.4) is 0 Å². The van der Waals surface area contributed by atoms with Crippen molar-refractivity contribution >= 4 is 38.3 Å². The fraction of sp³-hybridized carbons (Fsp3) is 0.156. The number of hydrogen-bond acceptors (Lipinski definition) is 6. The zero-order valence-electron chi connectivity index (χ0n) is 22.7. The van der Waals surface area contributed by atoms with Crippen molar-refractivity contribution in [3.8, 4) is 0 Å². The molecule has 40 heavy (non-hydrogen) atoms. The van der Waals surface area contributed by atoms with Gasteiger partial charge in [-0.15, -0.1) is 0 Å². The largest absolute Gasteiger partial charge is 0.465 e. The van der Waals surface area contributed by atoms with E-state index in [1.807, 2.05) is 68.4 Å². The Hall–Kier alpha value is -4.56. The number of methoxy groups -OCH3 is 1. The molecular formula is C32H30N2O5S. The van der Waals surface area contributed by atoms with Gasteiger partial charge in [0.2, 0.25) is 0 Å². The highest BCUT2D eigenvalue weighted by molar-refractivity contribution is 7.92. The van der Waals surface area contributed by atoms with Crippen molar-refractivity contribution in [1.29, 1.82) is 0 Å². The summed E-state index contributed by atoms with van der Waals surface area (Å²) in [6.45, 7) is 3.85. The molecule has 1 aromatic heterocycles. The van der Waals surface area contributed by atoms with Gasteiger partial charge in [-0.25, -0.2) is 13.2 Å². The molecule has 0 amide bonds. The lowest BCUT2D eigenvalue weighted by Gasteiger charge is -2.20. The molecule has 0 radical (unpaired) electrons. The molecule has 0 bridgehead atoms. The van der Waals surface area contributed by atoms with Crippen LogP contribution in [0.2, 0.25) is 0 Å². The van der Waals surface area contributed by atoms with Crippen LogP contribution < -0.4 is 10.0 Å². The molecule has 0 saturated carbocycles. The second kappa shape index (κ2) is 10.9. The topological polar surface area (TPSA) is 97.6 Å². The number of rotatable bonds is 8. The number of carbonyl (C=O) groups excluding carboxylic acids is 1. The highest BCUT2D eigenvalue weighted by atomic mass is 32.2. The fourth-order valence-electron chi connectivity index (χ4n) is 4.83. The molecule has 2 N–H and O–H groups in total. The van der Waals surface area contributed by atoms with Gasteiger partial charge in [0.15, 0.2) is 0 Å². The van der Waals surface area contributed by atoms with Gasteiger partial charge >= 0.3 is 5.97 Å². The Kier molecular flexibility index (Phi) is 7.36. The van der Waals surface area contributed by atoms with E-state index in [0.717, 1.165) is 22.3 Å². The molecule has 0 aliphatic rings. The minimum absolute atomic E-state index is 0.147. The number of carbonyl (C=O) groups is 1. The average molecular weight is 555 g/mol. The predicted octanol–water partition coefficient (Wildman–Crippen LogP) is 6.86. The molecule has 8 heteroatoms. The Morgan fingerprint density at radius 2 is 1.55 bits per heavy atom. The van der Waals surface area contributed by atoms with Gasteiger partial charge in [-0.05, 0) is 61.4 Å². The predicted molar refractivity (Wildman–Crippen MR) is 158 cm³/mol. The molecule has 0 fully saturated rings. The number of hydrogen-bond donors (Lipinski definition) is 2. The molecule has 204 valence electrons. The van der Waals surface area contributed by atoms with E-state index >= 15 is 0 Å². The summed E-state index contributed by atoms with van der Waals surface area (Å²) in [5.74, 6) is -0.618. The van der Waals surface area contributed by atoms with E-state index in [0.29, 0.717) is 33.7 Å². The maximum absolute atomic E-state index is 13.6. The molecule has 0 aliphatic carbocycles. The van der Waals surface area contributed by atoms with E-state index < -0.39 is 21.9 Å². The molecule has 1 atom stereocenters. The summed E-state index contributed by atoms with van der Waals surface area (Å²) in [6, 6.07) is 27.4. The standard InChI is InChI=1S/C32H30N2O5S/c1-20-10-14-24(15-11-20)40(36,37)34-30-26-18-21(2)12-17-28(26)39-31(30)29(22-8-6-5-7-9-22)23-13-16-27(33-3)25(19-23)32(35)38-4/h5-19,29,33-34H,1-4H3/t29-/m1/s1. The number of aryl methyl sites for hydroxylation is 2. The monoisotopic (exact) mass is 554 g/mol. The van der Waals surface area contributed by atoms with Crippen LogP contribution in [0.5, 0.6) is 0 Å². The lowest BCUT2D eigenvalue weighted by atomic mass is 9.87. The Bertz CT molecular complexity index is 1790. The molecule has 5 aromatic rings. The van der Waals surface area contributed by atoms with Crippen molar-refractivity contribution < 1.29 is 22.4 Å². The molecule has 0 aliphatic heterocycles. The van der Waals surface area contributed by atoms with E-state index in [2.05, 4.69) is 10.0 Å². The number of esters is 1. The highest BCUT2D eigenvalue weighted by Crippen LogP contribution is 2.43. The first-order valence-electron chi connectivity index (χ1n) is 12.8. The maximum Gasteiger partial charge on any atom is 0.339 e. The van der Waals surface area contributed by atoms with Gasteiger partial charge in [0, 0.05) is 18.1 Å². The van der Waals surface area contributed by atoms with Crippen LogP contribution >= 0.6 is 0 Å². The van der Waals surface area contributed by atoms with Gasteiger partial charge in [0.1, 0.15) is 11.3 Å². The third-order valence-electron chi connectivity index (χ3n) is 6.89. The summed E-state index contributed by atoms with van der Waals surface area (Å²) in [5, 5.41) is 3.68. The van der Waals surface area contributed by atoms with Gasteiger partial charge in [-0.3, -0.25) is 4.72 Å². The van der Waals surface area contributed by atoms with E-state index in [9.17, 15) is 13.2 Å². The number of fused-ring (bicyclic) bond motifs is 1. The third kappa shape index (κ3) is 5.18. The van der Waals surface area contributed by atoms with E-state index in [-0.39, 0.29) is 4.90 Å². The zero-order valence-corrected chi connectivity index (χ0v) is 23.5. The van der Waals surface area contributed by atoms with Crippen LogP contribution in [0.25, 0.3) is 11.0 Å². The number of sulfonamides is 1. The second-order valence-corrected chi connectivity index (χ2v) is 11.3. The van der Waals surface area contributed by atoms with Gasteiger partial charge in [0.05, 0.1) is 29.2 Å². The van der Waals surface area contributed by atoms with Gasteiger partial charge in [-0.2, -0.15) is 0 Å². The van der Waals surface area contributed by atoms with Crippen LogP contribution in [0.1, 0.15) is 44.3 Å². The first-order chi connectivity index (χ1) is 19.2. The van der Waals surface area contributed by atoms with Crippen molar-refractivity contribution in [3.63, 3.8) is 0 Å². The van der Waals surface area contributed by atoms with Crippen molar-refractivity contribution in [2.45, 2.75) is 24.7 Å². The minimum atomic E-state index is -3.96. The summed E-state index contributed by atoms with van der Waals surface area (Å²) in [5.41, 5.74) is 5.38. The molecule has 1 heterocycles. The number of anilines is 2. The molecule has 0 unspecified atom stereocenters. The Labute approximate surface area is 233 Å². The first-order valence-corrected chi connectivity index (χ1v) is 14.3. The van der Waals surface area contributed by atoms with Gasteiger partial charge < -0.3 is 14.5 Å². The SMILES string of the molecule is CNc1ccc([C@@H](c2ccccc2)c2oc3ccc(C)cc3c2NS(=O)(=O)c2ccc(C)cc2)cc1C(=O)OC. The van der Waals surface area contributed by atoms with Gasteiger partial charge in [0.25, 0.3) is 10.0 Å². The molecular weight excluding hydrogens is 524 g/mol. The summed E-state index contributed by atoms with van der Waals surface area (Å²) in [7, 11) is -0.887. The smallest absolute Gasteiger partial charge is 0.339 e. The minimum Gasteiger partial charge on any atom is -0.465 e. The average Bonchev–Trinajstić information content (AvgIpc) is 3.29. The summed E-state index contributed by atoms with van der Waals surface area (Å²) in [4.78, 5) is 12.8. The van der Waals surface area contributed by atoms with Crippen molar-refractivity contribution in [2.24, 2.45) is 0 Å². The molecule has 4 aromatic carbocycles. The van der Waals surface area contributed by atoms with E-state index in [1.165, 1.54) is 7.11 Å². The number of nitrogens with one attached hydrogen (secondary N) is 2. The van der Waals surface area contributed by atoms with Crippen molar-refractivity contribution in [3.05, 3.63) is 125 Å². The second-order valence-electron chi connectivity index (χ2n) is 9.65. The summed E-state index contributed by atoms with van der Waals surface area (Å²) >= 11 is 0. The normalized spacial score (nSPS) is 12.2. The number of furan rings is 1. The van der Waals surface area contributed by atoms with Crippen LogP contribution in [-0.4, -0.2) is 28.5 Å². The highest BCUT2D eigenvalue weighted by Gasteiger charge is 2.30. The Morgan fingerprint density at radius 3 is 2.23 bits per heavy atom. The summed E-state index contributed by atoms with van der Waals surface area (Å²) < 4.78 is 41.6. The van der Waals surface area contributed by atoms with Gasteiger partial charge in [-0.1, -0.05) is 65.7 Å². The van der Waals surface area contributed by atoms with Crippen molar-refractivity contribution in [1.82, 2.24) is 0 Å². The van der Waals surface area contributed by atoms with E-state index in [1.54, 1.807) is 43.4 Å². The number of benzene rings is 4. The van der Waals surface area contributed by atoms with Crippen LogP contribution in [0, 0.1) is 13.8 Å². The van der Waals surface area contributed by atoms with E-state index in [4.69, 9.17) is 9.15 Å². The molecule has 7 nitrogen and oxygen atoms in total. The maximum atomic E-state index is 13.6. The summed E-state index contributed by atoms with van der Waals surface area (Å²) in [6.07, 6.45) is 0. The lowest BCUT2D eigenvalue weighted by Crippen LogP contribution is -2.15. The fourth-order valence-corrected chi connectivity index (χ4v) is 5.92. The first kappa shape index (κ1) is 27.0. The van der Waals surface area contributed by atoms with Crippen LogP contribution in [0.15, 0.2) is 100 Å². The van der Waals surface area contributed by atoms with Crippen LogP contribution in [0.4, 0.5) is 11.4 Å². The zero-order chi connectivity index (χ0) is 28.4. The third-order valence-corrected chi connectivity index (χ3v) is 8.25. The Balaban J connectivity index is 1.76. The molecule has 5 rings (SSSR count). The quantitative estimate of drug-likeness (QED) is 0.203. The van der Waals surface area contributed by atoms with Crippen LogP contribution in [-0.2, 0) is 14.8 Å². The Morgan fingerprint density at radius 1 is 0.850 bits per heavy atom. The molecule has 0 saturated heterocycles. The lowest BCUT2D eigenvalue weighted by molar-refractivity contribution is 0.0601.